The van der Waals surface area contributed by atoms with Crippen LogP contribution >= 0.6 is 0 Å². The van der Waals surface area contributed by atoms with Crippen molar-refractivity contribution in [3.05, 3.63) is 25.3 Å². The third kappa shape index (κ3) is 2.83. The van der Waals surface area contributed by atoms with Gasteiger partial charge in [0.2, 0.25) is 0 Å². The highest BCUT2D eigenvalue weighted by atomic mass is 16.6. The molecule has 0 aromatic rings. The van der Waals surface area contributed by atoms with Crippen LogP contribution in [0.2, 0.25) is 0 Å². The number of carbonyl (C=O) groups is 1. The average Bonchev–Trinajstić information content (AvgIpc) is 2.57. The maximum atomic E-state index is 11.3. The summed E-state index contributed by atoms with van der Waals surface area (Å²) in [6.45, 7) is 7.95. The lowest BCUT2D eigenvalue weighted by molar-refractivity contribution is 0.0891. The second-order valence-electron chi connectivity index (χ2n) is 3.51. The first kappa shape index (κ1) is 11.8. The SMILES string of the molecule is C=CCCN1C(=O)OC[C@H]1[C@@H](O)CC=C. The Kier molecular flexibility index (Phi) is 4.37. The van der Waals surface area contributed by atoms with Crippen molar-refractivity contribution >= 4 is 6.09 Å². The molecule has 1 amide bonds. The molecule has 84 valence electrons. The van der Waals surface area contributed by atoms with Gasteiger partial charge in [-0.15, -0.1) is 13.2 Å². The van der Waals surface area contributed by atoms with Gasteiger partial charge in [-0.2, -0.15) is 0 Å². The number of cyclic esters (lactones) is 1. The van der Waals surface area contributed by atoms with Crippen molar-refractivity contribution in [3.8, 4) is 0 Å². The number of hydrogen-bond donors (Lipinski definition) is 1. The van der Waals surface area contributed by atoms with E-state index in [4.69, 9.17) is 4.74 Å². The van der Waals surface area contributed by atoms with E-state index in [9.17, 15) is 9.90 Å². The lowest BCUT2D eigenvalue weighted by Gasteiger charge is -2.24. The van der Waals surface area contributed by atoms with Gasteiger partial charge < -0.3 is 9.84 Å². The smallest absolute Gasteiger partial charge is 0.410 e. The van der Waals surface area contributed by atoms with Gasteiger partial charge in [-0.3, -0.25) is 4.90 Å². The van der Waals surface area contributed by atoms with E-state index in [0.717, 1.165) is 0 Å². The molecule has 1 heterocycles. The lowest BCUT2D eigenvalue weighted by atomic mass is 10.1. The van der Waals surface area contributed by atoms with Crippen LogP contribution in [0.15, 0.2) is 25.3 Å². The highest BCUT2D eigenvalue weighted by Gasteiger charge is 2.36. The molecule has 4 heteroatoms. The van der Waals surface area contributed by atoms with Gasteiger partial charge in [-0.05, 0) is 12.8 Å². The predicted octanol–water partition coefficient (Wildman–Crippen LogP) is 1.32. The minimum Gasteiger partial charge on any atom is -0.447 e. The summed E-state index contributed by atoms with van der Waals surface area (Å²) in [6, 6.07) is -0.254. The van der Waals surface area contributed by atoms with E-state index in [0.29, 0.717) is 19.4 Å². The maximum Gasteiger partial charge on any atom is 0.410 e. The summed E-state index contributed by atoms with van der Waals surface area (Å²) in [5.74, 6) is 0. The standard InChI is InChI=1S/C11H17NO3/c1-3-5-7-12-9(8-15-11(12)14)10(13)6-4-2/h3-4,9-10,13H,1-2,5-8H2/t9-,10-/m0/s1. The molecule has 0 bridgehead atoms. The van der Waals surface area contributed by atoms with Crippen LogP contribution in [-0.2, 0) is 4.74 Å². The lowest BCUT2D eigenvalue weighted by Crippen LogP contribution is -2.42. The molecule has 1 rings (SSSR count). The van der Waals surface area contributed by atoms with E-state index in [2.05, 4.69) is 13.2 Å². The van der Waals surface area contributed by atoms with E-state index in [1.54, 1.807) is 17.1 Å². The van der Waals surface area contributed by atoms with Gasteiger partial charge in [0.1, 0.15) is 6.61 Å². The summed E-state index contributed by atoms with van der Waals surface area (Å²) in [5, 5.41) is 9.77. The first-order valence-corrected chi connectivity index (χ1v) is 5.04. The number of ether oxygens (including phenoxy) is 1. The summed E-state index contributed by atoms with van der Waals surface area (Å²) >= 11 is 0. The summed E-state index contributed by atoms with van der Waals surface area (Å²) in [5.41, 5.74) is 0. The van der Waals surface area contributed by atoms with Crippen molar-refractivity contribution in [2.75, 3.05) is 13.2 Å². The first-order chi connectivity index (χ1) is 7.20. The molecule has 1 aliphatic rings. The molecule has 0 radical (unpaired) electrons. The predicted molar refractivity (Wildman–Crippen MR) is 57.5 cm³/mol. The van der Waals surface area contributed by atoms with Crippen molar-refractivity contribution < 1.29 is 14.6 Å². The highest BCUT2D eigenvalue weighted by Crippen LogP contribution is 2.18. The molecule has 1 saturated heterocycles. The molecule has 2 atom stereocenters. The minimum atomic E-state index is -0.598. The van der Waals surface area contributed by atoms with Crippen LogP contribution in [0.4, 0.5) is 4.79 Å². The fraction of sp³-hybridized carbons (Fsp3) is 0.545. The largest absolute Gasteiger partial charge is 0.447 e. The van der Waals surface area contributed by atoms with Gasteiger partial charge in [-0.1, -0.05) is 12.2 Å². The van der Waals surface area contributed by atoms with E-state index in [-0.39, 0.29) is 18.7 Å². The minimum absolute atomic E-state index is 0.254. The molecule has 1 aliphatic heterocycles. The van der Waals surface area contributed by atoms with E-state index < -0.39 is 6.10 Å². The van der Waals surface area contributed by atoms with Crippen molar-refractivity contribution in [2.24, 2.45) is 0 Å². The van der Waals surface area contributed by atoms with Gasteiger partial charge in [0.05, 0.1) is 12.1 Å². The number of aliphatic hydroxyl groups is 1. The molecule has 0 saturated carbocycles. The Bertz CT molecular complexity index is 252. The molecule has 0 aromatic heterocycles. The summed E-state index contributed by atoms with van der Waals surface area (Å²) in [6.07, 6.45) is 3.59. The molecule has 15 heavy (non-hydrogen) atoms. The van der Waals surface area contributed by atoms with E-state index in [1.807, 2.05) is 0 Å². The number of nitrogens with zero attached hydrogens (tertiary/aromatic N) is 1. The maximum absolute atomic E-state index is 11.3. The van der Waals surface area contributed by atoms with Crippen molar-refractivity contribution in [1.82, 2.24) is 4.90 Å². The van der Waals surface area contributed by atoms with Gasteiger partial charge in [0.25, 0.3) is 0 Å². The topological polar surface area (TPSA) is 49.8 Å². The molecule has 0 unspecified atom stereocenters. The molecule has 0 spiro atoms. The Morgan fingerprint density at radius 2 is 2.33 bits per heavy atom. The summed E-state index contributed by atoms with van der Waals surface area (Å²) in [4.78, 5) is 12.9. The normalized spacial score (nSPS) is 22.3. The molecule has 4 nitrogen and oxygen atoms in total. The number of amides is 1. The number of rotatable bonds is 6. The molecule has 0 aromatic carbocycles. The summed E-state index contributed by atoms with van der Waals surface area (Å²) < 4.78 is 4.90. The Labute approximate surface area is 89.8 Å². The average molecular weight is 211 g/mol. The van der Waals surface area contributed by atoms with Gasteiger partial charge in [-0.25, -0.2) is 4.79 Å². The van der Waals surface area contributed by atoms with E-state index in [1.165, 1.54) is 0 Å². The zero-order valence-corrected chi connectivity index (χ0v) is 8.76. The van der Waals surface area contributed by atoms with Gasteiger partial charge in [0.15, 0.2) is 0 Å². The third-order valence-corrected chi connectivity index (χ3v) is 2.44. The Morgan fingerprint density at radius 3 is 2.93 bits per heavy atom. The van der Waals surface area contributed by atoms with Crippen LogP contribution in [0, 0.1) is 0 Å². The van der Waals surface area contributed by atoms with Crippen molar-refractivity contribution in [3.63, 3.8) is 0 Å². The Balaban J connectivity index is 2.57. The molecular formula is C11H17NO3. The van der Waals surface area contributed by atoms with E-state index >= 15 is 0 Å². The zero-order chi connectivity index (χ0) is 11.3. The van der Waals surface area contributed by atoms with Crippen molar-refractivity contribution in [1.29, 1.82) is 0 Å². The van der Waals surface area contributed by atoms with Crippen molar-refractivity contribution in [2.45, 2.75) is 25.0 Å². The molecule has 1 fully saturated rings. The Morgan fingerprint density at radius 1 is 1.60 bits per heavy atom. The number of carbonyl (C=O) groups excluding carboxylic acids is 1. The highest BCUT2D eigenvalue weighted by molar-refractivity contribution is 5.70. The number of aliphatic hydroxyl groups excluding tert-OH is 1. The van der Waals surface area contributed by atoms with Crippen LogP contribution in [0.25, 0.3) is 0 Å². The van der Waals surface area contributed by atoms with Crippen LogP contribution in [0.3, 0.4) is 0 Å². The molecular weight excluding hydrogens is 194 g/mol. The molecule has 1 N–H and O–H groups in total. The fourth-order valence-corrected chi connectivity index (χ4v) is 1.60. The van der Waals surface area contributed by atoms with Gasteiger partial charge in [0, 0.05) is 6.54 Å². The quantitative estimate of drug-likeness (QED) is 0.674. The third-order valence-electron chi connectivity index (χ3n) is 2.44. The Hall–Kier alpha value is -1.29. The first-order valence-electron chi connectivity index (χ1n) is 5.04. The van der Waals surface area contributed by atoms with Crippen LogP contribution in [0.1, 0.15) is 12.8 Å². The second-order valence-corrected chi connectivity index (χ2v) is 3.51. The van der Waals surface area contributed by atoms with Crippen LogP contribution in [-0.4, -0.2) is 41.4 Å². The number of hydrogen-bond acceptors (Lipinski definition) is 3. The fourth-order valence-electron chi connectivity index (χ4n) is 1.60. The monoisotopic (exact) mass is 211 g/mol. The zero-order valence-electron chi connectivity index (χ0n) is 8.76. The second kappa shape index (κ2) is 5.56. The summed E-state index contributed by atoms with van der Waals surface area (Å²) in [7, 11) is 0. The van der Waals surface area contributed by atoms with Crippen LogP contribution in [0.5, 0.6) is 0 Å². The molecule has 0 aliphatic carbocycles. The van der Waals surface area contributed by atoms with Crippen LogP contribution < -0.4 is 0 Å². The van der Waals surface area contributed by atoms with Gasteiger partial charge >= 0.3 is 6.09 Å².